The average molecular weight is 346 g/mol. The molecule has 2 N–H and O–H groups in total. The van der Waals surface area contributed by atoms with E-state index in [0.29, 0.717) is 5.75 Å². The fourth-order valence-electron chi connectivity index (χ4n) is 2.82. The summed E-state index contributed by atoms with van der Waals surface area (Å²) < 4.78 is 21.1. The summed E-state index contributed by atoms with van der Waals surface area (Å²) in [4.78, 5) is 12.9. The number of hydrogen-bond donors (Lipinski definition) is 2. The van der Waals surface area contributed by atoms with Gasteiger partial charge < -0.3 is 29.2 Å². The Morgan fingerprint density at radius 2 is 1.56 bits per heavy atom. The largest absolute Gasteiger partial charge is 0.493 e. The smallest absolute Gasteiger partial charge is 0.301 e. The Morgan fingerprint density at radius 1 is 0.960 bits per heavy atom. The van der Waals surface area contributed by atoms with Crippen molar-refractivity contribution in [2.24, 2.45) is 0 Å². The number of Topliss-reactive ketones (excluding diaryl/α,β-unsaturated/α-hetero) is 1. The molecule has 7 heteroatoms. The maximum absolute atomic E-state index is 12.9. The second-order valence-corrected chi connectivity index (χ2v) is 5.49. The minimum Gasteiger partial charge on any atom is -0.493 e. The molecule has 2 aromatic rings. The lowest BCUT2D eigenvalue weighted by atomic mass is 9.87. The van der Waals surface area contributed by atoms with Gasteiger partial charge in [0, 0.05) is 18.7 Å². The monoisotopic (exact) mass is 346 g/mol. The first kappa shape index (κ1) is 17.2. The van der Waals surface area contributed by atoms with Crippen LogP contribution < -0.4 is 14.2 Å². The number of aliphatic hydroxyl groups is 2. The van der Waals surface area contributed by atoms with Crippen LogP contribution in [0.25, 0.3) is 0 Å². The van der Waals surface area contributed by atoms with Crippen LogP contribution in [0, 0.1) is 0 Å². The number of ketones is 1. The molecule has 0 amide bonds. The van der Waals surface area contributed by atoms with Crippen LogP contribution in [-0.2, 0) is 21.1 Å². The third-order valence-electron chi connectivity index (χ3n) is 4.18. The molecule has 1 heterocycles. The van der Waals surface area contributed by atoms with Gasteiger partial charge in [-0.25, -0.2) is 0 Å². The van der Waals surface area contributed by atoms with Crippen LogP contribution in [-0.4, -0.2) is 37.3 Å². The van der Waals surface area contributed by atoms with Gasteiger partial charge in [0.25, 0.3) is 11.6 Å². The van der Waals surface area contributed by atoms with E-state index in [1.54, 1.807) is 18.2 Å². The van der Waals surface area contributed by atoms with Crippen molar-refractivity contribution in [3.63, 3.8) is 0 Å². The molecule has 2 unspecified atom stereocenters. The van der Waals surface area contributed by atoms with E-state index in [9.17, 15) is 15.0 Å². The lowest BCUT2D eigenvalue weighted by Crippen LogP contribution is -2.56. The third kappa shape index (κ3) is 2.44. The Morgan fingerprint density at radius 3 is 2.12 bits per heavy atom. The molecule has 3 rings (SSSR count). The van der Waals surface area contributed by atoms with Gasteiger partial charge in [0.05, 0.1) is 19.8 Å². The lowest BCUT2D eigenvalue weighted by Gasteiger charge is -2.40. The average Bonchev–Trinajstić information content (AvgIpc) is 2.66. The maximum atomic E-state index is 12.9. The van der Waals surface area contributed by atoms with Gasteiger partial charge in [-0.15, -0.1) is 0 Å². The summed E-state index contributed by atoms with van der Waals surface area (Å²) in [5.74, 6) is -5.28. The van der Waals surface area contributed by atoms with Gasteiger partial charge in [-0.2, -0.15) is 0 Å². The van der Waals surface area contributed by atoms with Crippen molar-refractivity contribution in [2.75, 3.05) is 21.3 Å². The number of benzene rings is 2. The molecule has 0 spiro atoms. The normalized spacial score (nSPS) is 25.1. The molecule has 0 aliphatic carbocycles. The first-order valence-corrected chi connectivity index (χ1v) is 7.46. The van der Waals surface area contributed by atoms with Gasteiger partial charge in [0.1, 0.15) is 5.75 Å². The van der Waals surface area contributed by atoms with Crippen molar-refractivity contribution in [3.05, 3.63) is 53.6 Å². The van der Waals surface area contributed by atoms with Crippen LogP contribution >= 0.6 is 0 Å². The first-order valence-electron chi connectivity index (χ1n) is 7.46. The van der Waals surface area contributed by atoms with E-state index in [-0.39, 0.29) is 22.6 Å². The van der Waals surface area contributed by atoms with Crippen LogP contribution in [0.2, 0.25) is 0 Å². The number of methoxy groups -OCH3 is 3. The number of rotatable bonds is 4. The zero-order chi connectivity index (χ0) is 18.2. The predicted molar refractivity (Wildman–Crippen MR) is 86.4 cm³/mol. The molecule has 2 atom stereocenters. The fourth-order valence-corrected chi connectivity index (χ4v) is 2.82. The number of hydrogen-bond acceptors (Lipinski definition) is 7. The van der Waals surface area contributed by atoms with E-state index in [4.69, 9.17) is 18.9 Å². The second kappa shape index (κ2) is 6.03. The van der Waals surface area contributed by atoms with Crippen LogP contribution in [0.4, 0.5) is 0 Å². The first-order chi connectivity index (χ1) is 11.9. The van der Waals surface area contributed by atoms with Crippen LogP contribution in [0.1, 0.15) is 11.1 Å². The number of carbonyl (C=O) groups excluding carboxylic acids is 1. The molecular formula is C18H18O7. The molecule has 0 radical (unpaired) electrons. The Labute approximate surface area is 144 Å². The second-order valence-electron chi connectivity index (χ2n) is 5.49. The number of fused-ring (bicyclic) bond motifs is 1. The van der Waals surface area contributed by atoms with Gasteiger partial charge in [0.15, 0.2) is 11.5 Å². The van der Waals surface area contributed by atoms with E-state index in [1.165, 1.54) is 38.5 Å². The van der Waals surface area contributed by atoms with Crippen molar-refractivity contribution < 1.29 is 34.0 Å². The Kier molecular flexibility index (Phi) is 4.16. The van der Waals surface area contributed by atoms with Crippen LogP contribution in [0.5, 0.6) is 17.2 Å². The SMILES string of the molecule is COc1cc2c(cc1OC)C(O)(OC)C(=O)C(O)(c1ccccc1)O2. The molecule has 0 saturated heterocycles. The van der Waals surface area contributed by atoms with Gasteiger partial charge >= 0.3 is 5.79 Å². The third-order valence-corrected chi connectivity index (χ3v) is 4.18. The fraction of sp³-hybridized carbons (Fsp3) is 0.278. The maximum Gasteiger partial charge on any atom is 0.301 e. The highest BCUT2D eigenvalue weighted by Crippen LogP contribution is 2.48. The highest BCUT2D eigenvalue weighted by Gasteiger charge is 2.59. The molecule has 1 aliphatic heterocycles. The summed E-state index contributed by atoms with van der Waals surface area (Å²) in [5, 5.41) is 21.8. The standard InChI is InChI=1S/C18H18O7/c1-22-14-9-12-13(10-15(14)23-2)25-17(20,11-7-5-4-6-8-11)16(19)18(12,21)24-3/h4-10,20-21H,1-3H3. The molecule has 7 nitrogen and oxygen atoms in total. The highest BCUT2D eigenvalue weighted by atomic mass is 16.7. The molecule has 0 saturated carbocycles. The molecule has 2 aromatic carbocycles. The molecular weight excluding hydrogens is 328 g/mol. The summed E-state index contributed by atoms with van der Waals surface area (Å²) in [6.45, 7) is 0. The van der Waals surface area contributed by atoms with Crippen LogP contribution in [0.3, 0.4) is 0 Å². The van der Waals surface area contributed by atoms with Crippen molar-refractivity contribution >= 4 is 5.78 Å². The van der Waals surface area contributed by atoms with Gasteiger partial charge in [-0.3, -0.25) is 4.79 Å². The molecule has 0 aromatic heterocycles. The highest BCUT2D eigenvalue weighted by molar-refractivity contribution is 5.96. The summed E-state index contributed by atoms with van der Waals surface area (Å²) >= 11 is 0. The van der Waals surface area contributed by atoms with Crippen molar-refractivity contribution in [1.82, 2.24) is 0 Å². The summed E-state index contributed by atoms with van der Waals surface area (Å²) in [5.41, 5.74) is 0.175. The van der Waals surface area contributed by atoms with Crippen LogP contribution in [0.15, 0.2) is 42.5 Å². The Hall–Kier alpha value is -2.61. The van der Waals surface area contributed by atoms with Gasteiger partial charge in [0.2, 0.25) is 0 Å². The number of carbonyl (C=O) groups is 1. The summed E-state index contributed by atoms with van der Waals surface area (Å²) in [6, 6.07) is 10.8. The topological polar surface area (TPSA) is 94.5 Å². The zero-order valence-electron chi connectivity index (χ0n) is 14.0. The minimum absolute atomic E-state index is 0.0123. The lowest BCUT2D eigenvalue weighted by molar-refractivity contribution is -0.251. The molecule has 1 aliphatic rings. The van der Waals surface area contributed by atoms with Gasteiger partial charge in [-0.1, -0.05) is 30.3 Å². The minimum atomic E-state index is -2.42. The van der Waals surface area contributed by atoms with E-state index >= 15 is 0 Å². The Bertz CT molecular complexity index is 805. The molecule has 25 heavy (non-hydrogen) atoms. The van der Waals surface area contributed by atoms with Gasteiger partial charge in [-0.05, 0) is 6.07 Å². The predicted octanol–water partition coefficient (Wildman–Crippen LogP) is 1.30. The summed E-state index contributed by atoms with van der Waals surface area (Å²) in [7, 11) is 4.02. The van der Waals surface area contributed by atoms with Crippen molar-refractivity contribution in [3.8, 4) is 17.2 Å². The molecule has 0 fully saturated rings. The Balaban J connectivity index is 2.25. The van der Waals surface area contributed by atoms with E-state index in [0.717, 1.165) is 7.11 Å². The molecule has 0 bridgehead atoms. The summed E-state index contributed by atoms with van der Waals surface area (Å²) in [6.07, 6.45) is 0. The number of ether oxygens (including phenoxy) is 4. The van der Waals surface area contributed by atoms with E-state index < -0.39 is 17.4 Å². The van der Waals surface area contributed by atoms with E-state index in [1.807, 2.05) is 0 Å². The van der Waals surface area contributed by atoms with Crippen molar-refractivity contribution in [2.45, 2.75) is 11.6 Å². The molecule has 132 valence electrons. The van der Waals surface area contributed by atoms with E-state index in [2.05, 4.69) is 0 Å². The quantitative estimate of drug-likeness (QED) is 0.806. The zero-order valence-corrected chi connectivity index (χ0v) is 14.0. The van der Waals surface area contributed by atoms with Crippen molar-refractivity contribution in [1.29, 1.82) is 0 Å².